The van der Waals surface area contributed by atoms with E-state index in [0.717, 1.165) is 16.3 Å². The van der Waals surface area contributed by atoms with Crippen LogP contribution >= 0.6 is 11.3 Å². The normalized spacial score (nSPS) is 10.5. The summed E-state index contributed by atoms with van der Waals surface area (Å²) in [5.74, 6) is -0.334. The Morgan fingerprint density at radius 1 is 1.26 bits per heavy atom. The predicted octanol–water partition coefficient (Wildman–Crippen LogP) is 3.27. The Morgan fingerprint density at radius 3 is 2.74 bits per heavy atom. The van der Waals surface area contributed by atoms with Crippen LogP contribution in [0.3, 0.4) is 0 Å². The summed E-state index contributed by atoms with van der Waals surface area (Å²) in [6, 6.07) is 11.5. The molecule has 0 atom stereocenters. The van der Waals surface area contributed by atoms with E-state index in [9.17, 15) is 9.59 Å². The Balaban J connectivity index is 1.63. The third-order valence-corrected chi connectivity index (χ3v) is 4.28. The van der Waals surface area contributed by atoms with Gasteiger partial charge in [-0.1, -0.05) is 30.3 Å². The smallest absolute Gasteiger partial charge is 0.268 e. The molecule has 0 saturated heterocycles. The van der Waals surface area contributed by atoms with E-state index in [0.29, 0.717) is 17.8 Å². The van der Waals surface area contributed by atoms with E-state index in [1.54, 1.807) is 17.4 Å². The maximum absolute atomic E-state index is 12.1. The minimum Gasteiger partial charge on any atom is -0.356 e. The van der Waals surface area contributed by atoms with E-state index >= 15 is 0 Å². The SMILES string of the molecule is CC(=O)c1c[nH]c(C(=O)NCc2csc(-c3ccccc3)n2)c1. The van der Waals surface area contributed by atoms with Crippen LogP contribution < -0.4 is 5.32 Å². The van der Waals surface area contributed by atoms with Gasteiger partial charge in [0.05, 0.1) is 12.2 Å². The first-order chi connectivity index (χ1) is 11.1. The minimum atomic E-state index is -0.258. The molecule has 0 bridgehead atoms. The van der Waals surface area contributed by atoms with Crippen LogP contribution in [0, 0.1) is 0 Å². The number of ketones is 1. The fourth-order valence-electron chi connectivity index (χ4n) is 2.10. The lowest BCUT2D eigenvalue weighted by Gasteiger charge is -2.00. The zero-order chi connectivity index (χ0) is 16.2. The molecule has 2 aromatic heterocycles. The van der Waals surface area contributed by atoms with Gasteiger partial charge in [0.15, 0.2) is 5.78 Å². The van der Waals surface area contributed by atoms with Crippen LogP contribution in [0.5, 0.6) is 0 Å². The van der Waals surface area contributed by atoms with Gasteiger partial charge in [0.2, 0.25) is 0 Å². The molecule has 5 nitrogen and oxygen atoms in total. The molecule has 3 aromatic rings. The monoisotopic (exact) mass is 325 g/mol. The summed E-state index contributed by atoms with van der Waals surface area (Å²) in [6.07, 6.45) is 1.54. The van der Waals surface area contributed by atoms with Gasteiger partial charge in [-0.15, -0.1) is 11.3 Å². The molecule has 0 saturated carbocycles. The molecule has 1 amide bonds. The first-order valence-electron chi connectivity index (χ1n) is 7.11. The number of H-pyrrole nitrogens is 1. The minimum absolute atomic E-state index is 0.0766. The molecule has 0 aliphatic heterocycles. The number of nitrogens with one attached hydrogen (secondary N) is 2. The highest BCUT2D eigenvalue weighted by Gasteiger charge is 2.11. The van der Waals surface area contributed by atoms with Crippen molar-refractivity contribution in [2.24, 2.45) is 0 Å². The van der Waals surface area contributed by atoms with Crippen LogP contribution in [0.2, 0.25) is 0 Å². The molecule has 2 N–H and O–H groups in total. The standard InChI is InChI=1S/C17H15N3O2S/c1-11(21)13-7-15(18-8-13)16(22)19-9-14-10-23-17(20-14)12-5-3-2-4-6-12/h2-8,10,18H,9H2,1H3,(H,19,22). The number of aromatic amines is 1. The quantitative estimate of drug-likeness (QED) is 0.707. The van der Waals surface area contributed by atoms with Crippen molar-refractivity contribution >= 4 is 23.0 Å². The highest BCUT2D eigenvalue weighted by Crippen LogP contribution is 2.23. The molecule has 0 fully saturated rings. The van der Waals surface area contributed by atoms with Gasteiger partial charge in [0.1, 0.15) is 10.7 Å². The van der Waals surface area contributed by atoms with Crippen LogP contribution in [0.4, 0.5) is 0 Å². The fraction of sp³-hybridized carbons (Fsp3) is 0.118. The van der Waals surface area contributed by atoms with Crippen molar-refractivity contribution < 1.29 is 9.59 Å². The average molecular weight is 325 g/mol. The van der Waals surface area contributed by atoms with E-state index in [1.807, 2.05) is 35.7 Å². The first-order valence-corrected chi connectivity index (χ1v) is 7.99. The van der Waals surface area contributed by atoms with Crippen LogP contribution in [0.25, 0.3) is 10.6 Å². The molecule has 0 unspecified atom stereocenters. The fourth-order valence-corrected chi connectivity index (χ4v) is 2.92. The molecule has 23 heavy (non-hydrogen) atoms. The number of carbonyl (C=O) groups excluding carboxylic acids is 2. The number of nitrogens with zero attached hydrogens (tertiary/aromatic N) is 1. The lowest BCUT2D eigenvalue weighted by atomic mass is 10.2. The Labute approximate surface area is 137 Å². The van der Waals surface area contributed by atoms with Crippen molar-refractivity contribution in [2.45, 2.75) is 13.5 Å². The Morgan fingerprint density at radius 2 is 2.04 bits per heavy atom. The third-order valence-electron chi connectivity index (χ3n) is 3.34. The number of amides is 1. The van der Waals surface area contributed by atoms with E-state index in [4.69, 9.17) is 0 Å². The summed E-state index contributed by atoms with van der Waals surface area (Å²) in [6.45, 7) is 1.81. The maximum Gasteiger partial charge on any atom is 0.268 e. The van der Waals surface area contributed by atoms with Crippen LogP contribution in [-0.2, 0) is 6.54 Å². The number of hydrogen-bond acceptors (Lipinski definition) is 4. The molecule has 0 radical (unpaired) electrons. The lowest BCUT2D eigenvalue weighted by molar-refractivity contribution is 0.0946. The molecular formula is C17H15N3O2S. The molecule has 3 rings (SSSR count). The van der Waals surface area contributed by atoms with Crippen molar-refractivity contribution in [3.8, 4) is 10.6 Å². The van der Waals surface area contributed by atoms with Gasteiger partial charge in [-0.2, -0.15) is 0 Å². The maximum atomic E-state index is 12.1. The summed E-state index contributed by atoms with van der Waals surface area (Å²) in [5.41, 5.74) is 2.73. The highest BCUT2D eigenvalue weighted by atomic mass is 32.1. The number of aromatic nitrogens is 2. The van der Waals surface area contributed by atoms with Crippen LogP contribution in [0.15, 0.2) is 48.0 Å². The summed E-state index contributed by atoms with van der Waals surface area (Å²) in [4.78, 5) is 30.6. The zero-order valence-electron chi connectivity index (χ0n) is 12.5. The second kappa shape index (κ2) is 6.58. The molecule has 116 valence electrons. The predicted molar refractivity (Wildman–Crippen MR) is 89.5 cm³/mol. The zero-order valence-corrected chi connectivity index (χ0v) is 13.3. The van der Waals surface area contributed by atoms with Gasteiger partial charge in [-0.25, -0.2) is 4.98 Å². The summed E-state index contributed by atoms with van der Waals surface area (Å²) in [5, 5.41) is 5.65. The summed E-state index contributed by atoms with van der Waals surface area (Å²) >= 11 is 1.54. The van der Waals surface area contributed by atoms with Gasteiger partial charge in [-0.05, 0) is 13.0 Å². The number of benzene rings is 1. The molecule has 0 spiro atoms. The van der Waals surface area contributed by atoms with Crippen LogP contribution in [0.1, 0.15) is 33.5 Å². The number of Topliss-reactive ketones (excluding diaryl/α,β-unsaturated/α-hetero) is 1. The van der Waals surface area contributed by atoms with E-state index in [2.05, 4.69) is 15.3 Å². The van der Waals surface area contributed by atoms with Crippen molar-refractivity contribution in [1.29, 1.82) is 0 Å². The van der Waals surface area contributed by atoms with Gasteiger partial charge in [0.25, 0.3) is 5.91 Å². The summed E-state index contributed by atoms with van der Waals surface area (Å²) < 4.78 is 0. The highest BCUT2D eigenvalue weighted by molar-refractivity contribution is 7.13. The molecule has 2 heterocycles. The van der Waals surface area contributed by atoms with Gasteiger partial charge >= 0.3 is 0 Å². The second-order valence-electron chi connectivity index (χ2n) is 5.05. The van der Waals surface area contributed by atoms with Gasteiger partial charge < -0.3 is 10.3 Å². The molecule has 1 aromatic carbocycles. The summed E-state index contributed by atoms with van der Waals surface area (Å²) in [7, 11) is 0. The molecular weight excluding hydrogens is 310 g/mol. The van der Waals surface area contributed by atoms with Crippen molar-refractivity contribution in [3.05, 3.63) is 64.9 Å². The number of carbonyl (C=O) groups is 2. The first kappa shape index (κ1) is 15.2. The number of hydrogen-bond donors (Lipinski definition) is 2. The second-order valence-corrected chi connectivity index (χ2v) is 5.91. The lowest BCUT2D eigenvalue weighted by Crippen LogP contribution is -2.23. The van der Waals surface area contributed by atoms with Gasteiger partial charge in [-0.3, -0.25) is 9.59 Å². The molecule has 0 aliphatic carbocycles. The Kier molecular flexibility index (Phi) is 4.34. The van der Waals surface area contributed by atoms with Crippen molar-refractivity contribution in [1.82, 2.24) is 15.3 Å². The van der Waals surface area contributed by atoms with Crippen molar-refractivity contribution in [3.63, 3.8) is 0 Å². The van der Waals surface area contributed by atoms with Gasteiger partial charge in [0, 0.05) is 22.7 Å². The van der Waals surface area contributed by atoms with Crippen molar-refractivity contribution in [2.75, 3.05) is 0 Å². The van der Waals surface area contributed by atoms with Crippen LogP contribution in [-0.4, -0.2) is 21.7 Å². The third kappa shape index (κ3) is 3.54. The van der Waals surface area contributed by atoms with E-state index in [1.165, 1.54) is 13.1 Å². The number of thiazole rings is 1. The Bertz CT molecular complexity index is 836. The molecule has 6 heteroatoms. The number of rotatable bonds is 5. The van der Waals surface area contributed by atoms with E-state index < -0.39 is 0 Å². The average Bonchev–Trinajstić information content (AvgIpc) is 3.23. The van der Waals surface area contributed by atoms with E-state index in [-0.39, 0.29) is 11.7 Å². The molecule has 0 aliphatic rings. The Hall–Kier alpha value is -2.73. The topological polar surface area (TPSA) is 74.8 Å². The largest absolute Gasteiger partial charge is 0.356 e.